The SMILES string of the molecule is CCOc1ccc(/C=N/N(C(=O)c2cccc(C)c2)c2nc3ccc(Br)cc3s2)cc1. The zero-order chi connectivity index (χ0) is 21.8. The highest BCUT2D eigenvalue weighted by atomic mass is 79.9. The highest BCUT2D eigenvalue weighted by molar-refractivity contribution is 9.10. The number of aromatic nitrogens is 1. The number of halogens is 1. The first-order chi connectivity index (χ1) is 15.0. The van der Waals surface area contributed by atoms with E-state index in [1.54, 1.807) is 12.3 Å². The lowest BCUT2D eigenvalue weighted by Gasteiger charge is -2.14. The van der Waals surface area contributed by atoms with Crippen LogP contribution in [0.4, 0.5) is 5.13 Å². The first-order valence-electron chi connectivity index (χ1n) is 9.77. The van der Waals surface area contributed by atoms with Crippen molar-refractivity contribution in [1.82, 2.24) is 4.98 Å². The number of hydrazone groups is 1. The number of amides is 1. The molecule has 0 atom stereocenters. The van der Waals surface area contributed by atoms with Crippen molar-refractivity contribution >= 4 is 54.7 Å². The molecule has 0 fully saturated rings. The second kappa shape index (κ2) is 9.41. The first kappa shape index (κ1) is 21.2. The lowest BCUT2D eigenvalue weighted by atomic mass is 10.1. The standard InChI is InChI=1S/C24H20BrN3O2S/c1-3-30-20-10-7-17(8-11-20)15-26-28(23(29)18-6-4-5-16(2)13-18)24-27-21-12-9-19(25)14-22(21)31-24/h4-15H,3H2,1-2H3/b26-15+. The van der Waals surface area contributed by atoms with Gasteiger partial charge >= 0.3 is 0 Å². The first-order valence-corrected chi connectivity index (χ1v) is 11.4. The molecule has 5 nitrogen and oxygen atoms in total. The predicted octanol–water partition coefficient (Wildman–Crippen LogP) is 6.45. The number of hydrogen-bond acceptors (Lipinski definition) is 5. The van der Waals surface area contributed by atoms with Crippen molar-refractivity contribution in [2.45, 2.75) is 13.8 Å². The number of nitrogens with zero attached hydrogens (tertiary/aromatic N) is 3. The zero-order valence-electron chi connectivity index (χ0n) is 17.1. The summed E-state index contributed by atoms with van der Waals surface area (Å²) in [5, 5.41) is 6.40. The fraction of sp³-hybridized carbons (Fsp3) is 0.125. The summed E-state index contributed by atoms with van der Waals surface area (Å²) in [6.07, 6.45) is 1.66. The van der Waals surface area contributed by atoms with Gasteiger partial charge in [-0.2, -0.15) is 10.1 Å². The molecule has 0 N–H and O–H groups in total. The molecule has 1 aromatic heterocycles. The summed E-state index contributed by atoms with van der Waals surface area (Å²) in [5.74, 6) is 0.563. The van der Waals surface area contributed by atoms with E-state index in [-0.39, 0.29) is 5.91 Å². The van der Waals surface area contributed by atoms with Crippen LogP contribution < -0.4 is 9.75 Å². The smallest absolute Gasteiger partial charge is 0.280 e. The largest absolute Gasteiger partial charge is 0.494 e. The molecule has 1 heterocycles. The minimum Gasteiger partial charge on any atom is -0.494 e. The Labute approximate surface area is 193 Å². The molecule has 0 aliphatic carbocycles. The van der Waals surface area contributed by atoms with Crippen LogP contribution >= 0.6 is 27.3 Å². The molecule has 4 aromatic rings. The summed E-state index contributed by atoms with van der Waals surface area (Å²) in [7, 11) is 0. The molecule has 0 aliphatic heterocycles. The van der Waals surface area contributed by atoms with Gasteiger partial charge < -0.3 is 4.74 Å². The maximum Gasteiger partial charge on any atom is 0.280 e. The van der Waals surface area contributed by atoms with E-state index in [2.05, 4.69) is 26.0 Å². The number of fused-ring (bicyclic) bond motifs is 1. The Hall–Kier alpha value is -3.03. The highest BCUT2D eigenvalue weighted by Crippen LogP contribution is 2.32. The van der Waals surface area contributed by atoms with Crippen LogP contribution in [0.5, 0.6) is 5.75 Å². The van der Waals surface area contributed by atoms with Crippen molar-refractivity contribution < 1.29 is 9.53 Å². The van der Waals surface area contributed by atoms with Gasteiger partial charge in [0.25, 0.3) is 5.91 Å². The van der Waals surface area contributed by atoms with Crippen molar-refractivity contribution in [2.75, 3.05) is 11.6 Å². The third kappa shape index (κ3) is 5.00. The van der Waals surface area contributed by atoms with Crippen LogP contribution in [0.2, 0.25) is 0 Å². The lowest BCUT2D eigenvalue weighted by molar-refractivity contribution is 0.0987. The number of carbonyl (C=O) groups is 1. The van der Waals surface area contributed by atoms with E-state index < -0.39 is 0 Å². The van der Waals surface area contributed by atoms with Gasteiger partial charge in [0.1, 0.15) is 5.75 Å². The van der Waals surface area contributed by atoms with Crippen molar-refractivity contribution in [3.8, 4) is 5.75 Å². The molecule has 0 bridgehead atoms. The van der Waals surface area contributed by atoms with E-state index in [0.717, 1.165) is 31.6 Å². The number of carbonyl (C=O) groups excluding carboxylic acids is 1. The van der Waals surface area contributed by atoms with Gasteiger partial charge in [0.05, 0.1) is 23.0 Å². The van der Waals surface area contributed by atoms with Crippen LogP contribution in [-0.2, 0) is 0 Å². The maximum absolute atomic E-state index is 13.4. The van der Waals surface area contributed by atoms with Crippen LogP contribution in [0.25, 0.3) is 10.2 Å². The lowest BCUT2D eigenvalue weighted by Crippen LogP contribution is -2.25. The number of ether oxygens (including phenoxy) is 1. The number of hydrogen-bond donors (Lipinski definition) is 0. The van der Waals surface area contributed by atoms with Crippen LogP contribution in [-0.4, -0.2) is 23.7 Å². The van der Waals surface area contributed by atoms with Crippen LogP contribution in [0.3, 0.4) is 0 Å². The average molecular weight is 494 g/mol. The van der Waals surface area contributed by atoms with Gasteiger partial charge in [-0.25, -0.2) is 4.98 Å². The predicted molar refractivity (Wildman–Crippen MR) is 131 cm³/mol. The summed E-state index contributed by atoms with van der Waals surface area (Å²) in [4.78, 5) is 18.0. The maximum atomic E-state index is 13.4. The molecule has 3 aromatic carbocycles. The monoisotopic (exact) mass is 493 g/mol. The minimum atomic E-state index is -0.232. The molecule has 0 unspecified atom stereocenters. The van der Waals surface area contributed by atoms with Gasteiger partial charge in [-0.1, -0.05) is 45.0 Å². The molecule has 7 heteroatoms. The molecular formula is C24H20BrN3O2S. The number of aryl methyl sites for hydroxylation is 1. The van der Waals surface area contributed by atoms with Crippen LogP contribution in [0.15, 0.2) is 76.3 Å². The molecule has 4 rings (SSSR count). The number of anilines is 1. The van der Waals surface area contributed by atoms with E-state index in [0.29, 0.717) is 17.3 Å². The molecular weight excluding hydrogens is 474 g/mol. The van der Waals surface area contributed by atoms with E-state index >= 15 is 0 Å². The van der Waals surface area contributed by atoms with Crippen molar-refractivity contribution in [3.63, 3.8) is 0 Å². The topological polar surface area (TPSA) is 54.8 Å². The Bertz CT molecular complexity index is 1250. The molecule has 31 heavy (non-hydrogen) atoms. The van der Waals surface area contributed by atoms with Crippen molar-refractivity contribution in [1.29, 1.82) is 0 Å². The average Bonchev–Trinajstić information content (AvgIpc) is 3.18. The molecule has 0 aliphatic rings. The third-order valence-corrected chi connectivity index (χ3v) is 5.98. The molecule has 1 amide bonds. The quantitative estimate of drug-likeness (QED) is 0.229. The van der Waals surface area contributed by atoms with Gasteiger partial charge in [-0.05, 0) is 74.0 Å². The summed E-state index contributed by atoms with van der Waals surface area (Å²) in [5.41, 5.74) is 3.25. The summed E-state index contributed by atoms with van der Waals surface area (Å²) < 4.78 is 7.42. The second-order valence-electron chi connectivity index (χ2n) is 6.84. The van der Waals surface area contributed by atoms with Gasteiger partial charge in [0.15, 0.2) is 0 Å². The van der Waals surface area contributed by atoms with E-state index in [9.17, 15) is 4.79 Å². The Morgan fingerprint density at radius 3 is 2.71 bits per heavy atom. The summed E-state index contributed by atoms with van der Waals surface area (Å²) >= 11 is 4.91. The Kier molecular flexibility index (Phi) is 6.44. The van der Waals surface area contributed by atoms with Gasteiger partial charge in [0, 0.05) is 10.0 Å². The number of rotatable bonds is 6. The Morgan fingerprint density at radius 2 is 1.97 bits per heavy atom. The number of thiazole rings is 1. The fourth-order valence-electron chi connectivity index (χ4n) is 3.01. The molecule has 0 saturated carbocycles. The minimum absolute atomic E-state index is 0.232. The fourth-order valence-corrected chi connectivity index (χ4v) is 4.48. The van der Waals surface area contributed by atoms with Gasteiger partial charge in [-0.3, -0.25) is 4.79 Å². The highest BCUT2D eigenvalue weighted by Gasteiger charge is 2.21. The molecule has 0 radical (unpaired) electrons. The van der Waals surface area contributed by atoms with E-state index in [1.165, 1.54) is 16.3 Å². The van der Waals surface area contributed by atoms with Gasteiger partial charge in [-0.15, -0.1) is 0 Å². The van der Waals surface area contributed by atoms with Gasteiger partial charge in [0.2, 0.25) is 5.13 Å². The molecule has 0 saturated heterocycles. The van der Waals surface area contributed by atoms with Crippen molar-refractivity contribution in [2.24, 2.45) is 5.10 Å². The normalized spacial score (nSPS) is 11.2. The van der Waals surface area contributed by atoms with E-state index in [1.807, 2.05) is 74.5 Å². The Morgan fingerprint density at radius 1 is 1.16 bits per heavy atom. The van der Waals surface area contributed by atoms with E-state index in [4.69, 9.17) is 4.74 Å². The zero-order valence-corrected chi connectivity index (χ0v) is 19.5. The van der Waals surface area contributed by atoms with Crippen LogP contribution in [0, 0.1) is 6.92 Å². The Balaban J connectivity index is 1.71. The molecule has 156 valence electrons. The van der Waals surface area contributed by atoms with Crippen LogP contribution in [0.1, 0.15) is 28.4 Å². The van der Waals surface area contributed by atoms with Crippen molar-refractivity contribution in [3.05, 3.63) is 87.9 Å². The summed E-state index contributed by atoms with van der Waals surface area (Å²) in [6.45, 7) is 4.51. The number of benzene rings is 3. The second-order valence-corrected chi connectivity index (χ2v) is 8.77. The third-order valence-electron chi connectivity index (χ3n) is 4.49. The molecule has 0 spiro atoms. The summed E-state index contributed by atoms with van der Waals surface area (Å²) in [6, 6.07) is 20.9.